The van der Waals surface area contributed by atoms with Crippen molar-refractivity contribution < 1.29 is 4.74 Å². The molecule has 0 bridgehead atoms. The first-order chi connectivity index (χ1) is 9.51. The highest BCUT2D eigenvalue weighted by atomic mass is 79.9. The van der Waals surface area contributed by atoms with E-state index in [4.69, 9.17) is 4.74 Å². The van der Waals surface area contributed by atoms with E-state index in [1.165, 1.54) is 5.56 Å². The van der Waals surface area contributed by atoms with Crippen molar-refractivity contribution in [1.82, 2.24) is 4.98 Å². The number of thiazole rings is 1. The van der Waals surface area contributed by atoms with Gasteiger partial charge in [-0.15, -0.1) is 0 Å². The van der Waals surface area contributed by atoms with Crippen molar-refractivity contribution in [2.24, 2.45) is 0 Å². The van der Waals surface area contributed by atoms with Crippen LogP contribution < -0.4 is 15.0 Å². The van der Waals surface area contributed by atoms with E-state index in [1.54, 1.807) is 18.4 Å². The zero-order chi connectivity index (χ0) is 14.7. The second-order valence-corrected chi connectivity index (χ2v) is 6.61. The number of nitrogens with one attached hydrogen (secondary N) is 1. The van der Waals surface area contributed by atoms with Gasteiger partial charge in [0.2, 0.25) is 5.88 Å². The molecule has 0 amide bonds. The first-order valence-electron chi connectivity index (χ1n) is 6.22. The van der Waals surface area contributed by atoms with Gasteiger partial charge in [0, 0.05) is 24.3 Å². The van der Waals surface area contributed by atoms with Crippen LogP contribution in [0.1, 0.15) is 10.4 Å². The normalized spacial score (nSPS) is 10.4. The van der Waals surface area contributed by atoms with Gasteiger partial charge in [0.1, 0.15) is 0 Å². The maximum absolute atomic E-state index is 5.34. The molecular weight excluding hydrogens is 338 g/mol. The Balaban J connectivity index is 2.16. The zero-order valence-corrected chi connectivity index (χ0v) is 14.4. The Morgan fingerprint density at radius 1 is 1.40 bits per heavy atom. The van der Waals surface area contributed by atoms with Gasteiger partial charge in [-0.25, -0.2) is 0 Å². The Labute approximate surface area is 131 Å². The smallest absolute Gasteiger partial charge is 0.231 e. The monoisotopic (exact) mass is 355 g/mol. The van der Waals surface area contributed by atoms with Crippen LogP contribution in [0.2, 0.25) is 0 Å². The lowest BCUT2D eigenvalue weighted by molar-refractivity contribution is 0.397. The molecule has 0 aliphatic rings. The third-order valence-electron chi connectivity index (χ3n) is 2.87. The van der Waals surface area contributed by atoms with Gasteiger partial charge in [-0.2, -0.15) is 4.98 Å². The second-order valence-electron chi connectivity index (χ2n) is 4.64. The van der Waals surface area contributed by atoms with E-state index in [9.17, 15) is 0 Å². The van der Waals surface area contributed by atoms with Gasteiger partial charge in [0.05, 0.1) is 18.5 Å². The van der Waals surface area contributed by atoms with E-state index in [2.05, 4.69) is 45.3 Å². The van der Waals surface area contributed by atoms with Crippen LogP contribution in [0.3, 0.4) is 0 Å². The minimum Gasteiger partial charge on any atom is -0.480 e. The van der Waals surface area contributed by atoms with Crippen molar-refractivity contribution in [3.05, 3.63) is 33.1 Å². The maximum Gasteiger partial charge on any atom is 0.231 e. The van der Waals surface area contributed by atoms with E-state index in [-0.39, 0.29) is 0 Å². The van der Waals surface area contributed by atoms with Gasteiger partial charge in [-0.3, -0.25) is 0 Å². The molecule has 2 aromatic rings. The molecule has 0 aliphatic heterocycles. The molecule has 0 fully saturated rings. The maximum atomic E-state index is 5.34. The van der Waals surface area contributed by atoms with Gasteiger partial charge in [0.15, 0.2) is 5.13 Å². The minimum absolute atomic E-state index is 0.693. The Kier molecular flexibility index (Phi) is 4.88. The summed E-state index contributed by atoms with van der Waals surface area (Å²) in [7, 11) is 5.62. The van der Waals surface area contributed by atoms with Crippen LogP contribution in [0.5, 0.6) is 5.88 Å². The first-order valence-corrected chi connectivity index (χ1v) is 7.83. The third-order valence-corrected chi connectivity index (χ3v) is 4.56. The number of halogens is 1. The van der Waals surface area contributed by atoms with E-state index in [1.807, 2.05) is 25.1 Å². The summed E-state index contributed by atoms with van der Waals surface area (Å²) in [4.78, 5) is 7.53. The van der Waals surface area contributed by atoms with Crippen LogP contribution in [0, 0.1) is 6.92 Å². The summed E-state index contributed by atoms with van der Waals surface area (Å²) in [5.41, 5.74) is 2.32. The summed E-state index contributed by atoms with van der Waals surface area (Å²) in [6.45, 7) is 2.79. The molecule has 1 aromatic carbocycles. The largest absolute Gasteiger partial charge is 0.480 e. The summed E-state index contributed by atoms with van der Waals surface area (Å²) in [6, 6.07) is 6.20. The summed E-state index contributed by atoms with van der Waals surface area (Å²) in [5, 5.41) is 4.39. The zero-order valence-electron chi connectivity index (χ0n) is 12.0. The second kappa shape index (κ2) is 6.45. The highest BCUT2D eigenvalue weighted by Crippen LogP contribution is 2.31. The number of rotatable bonds is 5. The molecule has 0 saturated carbocycles. The predicted molar refractivity (Wildman–Crippen MR) is 89.2 cm³/mol. The summed E-state index contributed by atoms with van der Waals surface area (Å²) >= 11 is 5.13. The van der Waals surface area contributed by atoms with Crippen molar-refractivity contribution in [3.8, 4) is 5.88 Å². The molecule has 0 atom stereocenters. The minimum atomic E-state index is 0.693. The van der Waals surface area contributed by atoms with Crippen LogP contribution in [-0.2, 0) is 6.54 Å². The number of nitrogens with zero attached hydrogens (tertiary/aromatic N) is 2. The molecule has 0 unspecified atom stereocenters. The third kappa shape index (κ3) is 3.43. The summed E-state index contributed by atoms with van der Waals surface area (Å²) < 4.78 is 6.41. The molecule has 1 heterocycles. The fourth-order valence-corrected chi connectivity index (χ4v) is 3.00. The molecule has 0 aliphatic carbocycles. The fourth-order valence-electron chi connectivity index (χ4n) is 1.75. The molecule has 0 spiro atoms. The molecule has 1 N–H and O–H groups in total. The standard InChI is InChI=1S/C14H18BrN3OS/c1-9-5-6-10(15)7-11(9)16-8-12-13(19-4)17-14(20-12)18(2)3/h5-7,16H,8H2,1-4H3. The molecule has 0 radical (unpaired) electrons. The Morgan fingerprint density at radius 2 is 2.15 bits per heavy atom. The average Bonchev–Trinajstić information content (AvgIpc) is 2.83. The Hall–Kier alpha value is -1.27. The summed E-state index contributed by atoms with van der Waals surface area (Å²) in [5.74, 6) is 0.693. The molecule has 1 aromatic heterocycles. The highest BCUT2D eigenvalue weighted by molar-refractivity contribution is 9.10. The number of aromatic nitrogens is 1. The van der Waals surface area contributed by atoms with Crippen LogP contribution in [0.4, 0.5) is 10.8 Å². The first kappa shape index (κ1) is 15.1. The van der Waals surface area contributed by atoms with Crippen molar-refractivity contribution in [1.29, 1.82) is 0 Å². The SMILES string of the molecule is COc1nc(N(C)C)sc1CNc1cc(Br)ccc1C. The number of hydrogen-bond donors (Lipinski definition) is 1. The number of ether oxygens (including phenoxy) is 1. The van der Waals surface area contributed by atoms with Crippen molar-refractivity contribution in [2.75, 3.05) is 31.4 Å². The van der Waals surface area contributed by atoms with Gasteiger partial charge in [0.25, 0.3) is 0 Å². The molecule has 2 rings (SSSR count). The van der Waals surface area contributed by atoms with Gasteiger partial charge in [-0.1, -0.05) is 33.3 Å². The van der Waals surface area contributed by atoms with Crippen molar-refractivity contribution in [2.45, 2.75) is 13.5 Å². The van der Waals surface area contributed by atoms with E-state index in [0.717, 1.165) is 20.2 Å². The molecule has 0 saturated heterocycles. The van der Waals surface area contributed by atoms with Crippen LogP contribution >= 0.6 is 27.3 Å². The fraction of sp³-hybridized carbons (Fsp3) is 0.357. The quantitative estimate of drug-likeness (QED) is 0.882. The average molecular weight is 356 g/mol. The highest BCUT2D eigenvalue weighted by Gasteiger charge is 2.13. The number of aryl methyl sites for hydroxylation is 1. The van der Waals surface area contributed by atoms with E-state index >= 15 is 0 Å². The van der Waals surface area contributed by atoms with Crippen LogP contribution in [0.25, 0.3) is 0 Å². The Bertz CT molecular complexity index is 598. The lowest BCUT2D eigenvalue weighted by Gasteiger charge is -2.09. The summed E-state index contributed by atoms with van der Waals surface area (Å²) in [6.07, 6.45) is 0. The van der Waals surface area contributed by atoms with Crippen LogP contribution in [-0.4, -0.2) is 26.2 Å². The van der Waals surface area contributed by atoms with Gasteiger partial charge < -0.3 is 15.0 Å². The molecular formula is C14H18BrN3OS. The Morgan fingerprint density at radius 3 is 2.80 bits per heavy atom. The van der Waals surface area contributed by atoms with Crippen LogP contribution in [0.15, 0.2) is 22.7 Å². The molecule has 4 nitrogen and oxygen atoms in total. The topological polar surface area (TPSA) is 37.4 Å². The molecule has 6 heteroatoms. The predicted octanol–water partition coefficient (Wildman–Crippen LogP) is 3.90. The van der Waals surface area contributed by atoms with E-state index in [0.29, 0.717) is 12.4 Å². The number of benzene rings is 1. The number of methoxy groups -OCH3 is 1. The lowest BCUT2D eigenvalue weighted by Crippen LogP contribution is -2.07. The van der Waals surface area contributed by atoms with Crippen molar-refractivity contribution >= 4 is 38.1 Å². The molecule has 20 heavy (non-hydrogen) atoms. The van der Waals surface area contributed by atoms with Crippen molar-refractivity contribution in [3.63, 3.8) is 0 Å². The number of anilines is 2. The molecule has 108 valence electrons. The van der Waals surface area contributed by atoms with Gasteiger partial charge >= 0.3 is 0 Å². The lowest BCUT2D eigenvalue weighted by atomic mass is 10.2. The van der Waals surface area contributed by atoms with E-state index < -0.39 is 0 Å². The number of hydrogen-bond acceptors (Lipinski definition) is 5. The van der Waals surface area contributed by atoms with Gasteiger partial charge in [-0.05, 0) is 24.6 Å².